The van der Waals surface area contributed by atoms with E-state index < -0.39 is 0 Å². The largest absolute Gasteiger partial charge is 0.423 e. The SMILES string of the molecule is C=C/C=c1/ccc(=O)o/c1=C/C. The fourth-order valence-electron chi connectivity index (χ4n) is 0.932. The van der Waals surface area contributed by atoms with E-state index in [0.29, 0.717) is 5.42 Å². The van der Waals surface area contributed by atoms with E-state index in [4.69, 9.17) is 4.42 Å². The van der Waals surface area contributed by atoms with Gasteiger partial charge in [-0.3, -0.25) is 0 Å². The zero-order chi connectivity index (χ0) is 8.97. The Balaban J connectivity index is 3.63. The fraction of sp³-hybridized carbons (Fsp3) is 0.100. The third kappa shape index (κ3) is 1.72. The van der Waals surface area contributed by atoms with Gasteiger partial charge in [-0.25, -0.2) is 4.79 Å². The molecule has 1 aromatic rings. The second-order valence-electron chi connectivity index (χ2n) is 2.27. The lowest BCUT2D eigenvalue weighted by Crippen LogP contribution is -2.27. The molecule has 0 bridgehead atoms. The van der Waals surface area contributed by atoms with Crippen LogP contribution in [0.25, 0.3) is 12.2 Å². The Morgan fingerprint density at radius 1 is 1.50 bits per heavy atom. The van der Waals surface area contributed by atoms with E-state index >= 15 is 0 Å². The molecule has 0 saturated heterocycles. The van der Waals surface area contributed by atoms with Crippen molar-refractivity contribution >= 4 is 12.2 Å². The molecule has 0 aliphatic heterocycles. The van der Waals surface area contributed by atoms with Gasteiger partial charge in [0.15, 0.2) is 0 Å². The lowest BCUT2D eigenvalue weighted by atomic mass is 10.3. The minimum Gasteiger partial charge on any atom is -0.423 e. The molecule has 0 unspecified atom stereocenters. The van der Waals surface area contributed by atoms with Crippen molar-refractivity contribution in [3.63, 3.8) is 0 Å². The minimum absolute atomic E-state index is 0.329. The molecule has 0 N–H and O–H groups in total. The van der Waals surface area contributed by atoms with Crippen LogP contribution < -0.4 is 16.3 Å². The summed E-state index contributed by atoms with van der Waals surface area (Å²) in [5.74, 6) is 0. The van der Waals surface area contributed by atoms with Crippen LogP contribution in [0.3, 0.4) is 0 Å². The summed E-state index contributed by atoms with van der Waals surface area (Å²) in [4.78, 5) is 10.8. The van der Waals surface area contributed by atoms with Gasteiger partial charge in [0.05, 0.1) is 0 Å². The zero-order valence-electron chi connectivity index (χ0n) is 6.91. The van der Waals surface area contributed by atoms with Crippen molar-refractivity contribution in [1.29, 1.82) is 0 Å². The van der Waals surface area contributed by atoms with Gasteiger partial charge in [0.25, 0.3) is 0 Å². The normalized spacial score (nSPS) is 13.4. The lowest BCUT2D eigenvalue weighted by Gasteiger charge is -1.85. The van der Waals surface area contributed by atoms with E-state index in [-0.39, 0.29) is 5.63 Å². The lowest BCUT2D eigenvalue weighted by molar-refractivity contribution is 0.473. The molecule has 0 aromatic carbocycles. The van der Waals surface area contributed by atoms with Crippen molar-refractivity contribution in [3.05, 3.63) is 45.8 Å². The molecule has 1 heterocycles. The maximum absolute atomic E-state index is 10.8. The summed E-state index contributed by atoms with van der Waals surface area (Å²) < 4.78 is 4.92. The Morgan fingerprint density at radius 3 is 2.83 bits per heavy atom. The predicted molar refractivity (Wildman–Crippen MR) is 49.0 cm³/mol. The molecular weight excluding hydrogens is 152 g/mol. The van der Waals surface area contributed by atoms with E-state index in [2.05, 4.69) is 6.58 Å². The number of hydrogen-bond donors (Lipinski definition) is 0. The van der Waals surface area contributed by atoms with Crippen LogP contribution in [0, 0.1) is 0 Å². The van der Waals surface area contributed by atoms with Gasteiger partial charge in [-0.1, -0.05) is 18.7 Å². The second kappa shape index (κ2) is 3.72. The zero-order valence-corrected chi connectivity index (χ0v) is 6.91. The van der Waals surface area contributed by atoms with E-state index in [1.165, 1.54) is 6.07 Å². The number of rotatable bonds is 1. The van der Waals surface area contributed by atoms with E-state index in [0.717, 1.165) is 5.22 Å². The molecule has 0 aliphatic carbocycles. The summed E-state index contributed by atoms with van der Waals surface area (Å²) in [7, 11) is 0. The second-order valence-corrected chi connectivity index (χ2v) is 2.27. The minimum atomic E-state index is -0.329. The average molecular weight is 162 g/mol. The molecule has 2 heteroatoms. The monoisotopic (exact) mass is 162 g/mol. The smallest absolute Gasteiger partial charge is 0.336 e. The Bertz CT molecular complexity index is 438. The van der Waals surface area contributed by atoms with Crippen molar-refractivity contribution in [2.45, 2.75) is 6.92 Å². The molecular formula is C10H10O2. The molecule has 0 saturated carbocycles. The van der Waals surface area contributed by atoms with Crippen molar-refractivity contribution in [2.75, 3.05) is 0 Å². The Labute approximate surface area is 70.2 Å². The van der Waals surface area contributed by atoms with Crippen molar-refractivity contribution < 1.29 is 4.42 Å². The summed E-state index contributed by atoms with van der Waals surface area (Å²) >= 11 is 0. The highest BCUT2D eigenvalue weighted by Gasteiger charge is 1.86. The molecule has 0 radical (unpaired) electrons. The summed E-state index contributed by atoms with van der Waals surface area (Å²) in [6.45, 7) is 5.38. The molecule has 0 aliphatic rings. The first-order chi connectivity index (χ1) is 5.77. The topological polar surface area (TPSA) is 30.2 Å². The average Bonchev–Trinajstić information content (AvgIpc) is 2.08. The van der Waals surface area contributed by atoms with Gasteiger partial charge in [-0.2, -0.15) is 0 Å². The van der Waals surface area contributed by atoms with Crippen LogP contribution in [0.4, 0.5) is 0 Å². The summed E-state index contributed by atoms with van der Waals surface area (Å²) in [6, 6.07) is 3.10. The Hall–Kier alpha value is -1.57. The van der Waals surface area contributed by atoms with Gasteiger partial charge in [-0.05, 0) is 19.1 Å². The first-order valence-electron chi connectivity index (χ1n) is 3.67. The molecule has 2 nitrogen and oxygen atoms in total. The predicted octanol–water partition coefficient (Wildman–Crippen LogP) is 0.407. The van der Waals surface area contributed by atoms with Crippen LogP contribution >= 0.6 is 0 Å². The van der Waals surface area contributed by atoms with Crippen LogP contribution in [0.5, 0.6) is 0 Å². The molecule has 1 aromatic heterocycles. The first-order valence-corrected chi connectivity index (χ1v) is 3.67. The van der Waals surface area contributed by atoms with Crippen molar-refractivity contribution in [2.24, 2.45) is 0 Å². The van der Waals surface area contributed by atoms with Crippen LogP contribution in [0.15, 0.2) is 34.0 Å². The maximum Gasteiger partial charge on any atom is 0.336 e. The molecule has 0 atom stereocenters. The third-order valence-electron chi connectivity index (χ3n) is 1.45. The summed E-state index contributed by atoms with van der Waals surface area (Å²) in [5.41, 5.74) is 0.256. The van der Waals surface area contributed by atoms with Gasteiger partial charge in [0.1, 0.15) is 5.42 Å². The van der Waals surface area contributed by atoms with Crippen molar-refractivity contribution in [1.82, 2.24) is 0 Å². The highest BCUT2D eigenvalue weighted by molar-refractivity contribution is 5.35. The van der Waals surface area contributed by atoms with Gasteiger partial charge < -0.3 is 4.42 Å². The molecule has 1 rings (SSSR count). The molecule has 62 valence electrons. The number of allylic oxidation sites excluding steroid dienone is 1. The van der Waals surface area contributed by atoms with E-state index in [1.807, 2.05) is 6.92 Å². The summed E-state index contributed by atoms with van der Waals surface area (Å²) in [5, 5.41) is 0.868. The number of hydrogen-bond acceptors (Lipinski definition) is 2. The van der Waals surface area contributed by atoms with Crippen LogP contribution in [0.1, 0.15) is 6.92 Å². The van der Waals surface area contributed by atoms with Gasteiger partial charge in [0.2, 0.25) is 0 Å². The maximum atomic E-state index is 10.8. The van der Waals surface area contributed by atoms with Crippen LogP contribution in [-0.4, -0.2) is 0 Å². The van der Waals surface area contributed by atoms with Gasteiger partial charge in [-0.15, -0.1) is 0 Å². The van der Waals surface area contributed by atoms with E-state index in [9.17, 15) is 4.79 Å². The molecule has 0 spiro atoms. The van der Waals surface area contributed by atoms with Gasteiger partial charge >= 0.3 is 5.63 Å². The summed E-state index contributed by atoms with van der Waals surface area (Å²) in [6.07, 6.45) is 5.19. The molecule has 0 fully saturated rings. The quantitative estimate of drug-likeness (QED) is 0.598. The van der Waals surface area contributed by atoms with Crippen molar-refractivity contribution in [3.8, 4) is 0 Å². The Kier molecular flexibility index (Phi) is 2.64. The highest BCUT2D eigenvalue weighted by atomic mass is 16.4. The Morgan fingerprint density at radius 2 is 2.25 bits per heavy atom. The standard InChI is InChI=1S/C10H10O2/c1-3-5-8-6-7-10(11)12-9(8)4-2/h3-7H,1H2,2H3/b8-5-,9-4+. The van der Waals surface area contributed by atoms with Crippen LogP contribution in [0.2, 0.25) is 0 Å². The molecule has 12 heavy (non-hydrogen) atoms. The third-order valence-corrected chi connectivity index (χ3v) is 1.45. The fourth-order valence-corrected chi connectivity index (χ4v) is 0.932. The van der Waals surface area contributed by atoms with E-state index in [1.54, 1.807) is 24.3 Å². The van der Waals surface area contributed by atoms with Crippen LogP contribution in [-0.2, 0) is 0 Å². The van der Waals surface area contributed by atoms with Gasteiger partial charge in [0, 0.05) is 11.3 Å². The first kappa shape index (κ1) is 8.53. The highest BCUT2D eigenvalue weighted by Crippen LogP contribution is 1.66. The molecule has 0 amide bonds.